The first-order valence-corrected chi connectivity index (χ1v) is 8.82. The third-order valence-electron chi connectivity index (χ3n) is 4.54. The Morgan fingerprint density at radius 1 is 1.03 bits per heavy atom. The molecule has 0 bridgehead atoms. The van der Waals surface area contributed by atoms with Crippen molar-refractivity contribution in [2.24, 2.45) is 0 Å². The van der Waals surface area contributed by atoms with Crippen molar-refractivity contribution in [3.8, 4) is 11.3 Å². The van der Waals surface area contributed by atoms with Crippen molar-refractivity contribution in [3.63, 3.8) is 0 Å². The summed E-state index contributed by atoms with van der Waals surface area (Å²) in [5.74, 6) is -0.301. The number of fused-ring (bicyclic) bond motifs is 1. The van der Waals surface area contributed by atoms with Crippen LogP contribution in [-0.2, 0) is 23.8 Å². The van der Waals surface area contributed by atoms with Gasteiger partial charge in [0, 0.05) is 35.6 Å². The Morgan fingerprint density at radius 2 is 1.76 bits per heavy atom. The van der Waals surface area contributed by atoms with Crippen LogP contribution in [-0.4, -0.2) is 20.9 Å². The quantitative estimate of drug-likeness (QED) is 0.728. The van der Waals surface area contributed by atoms with Crippen molar-refractivity contribution in [2.45, 2.75) is 19.0 Å². The SMILES string of the molecule is O=C(Cc1ccc(C(F)(F)F)cc1)NC1=CCc2nc(-c3cncnc3)ccc21. The van der Waals surface area contributed by atoms with Crippen molar-refractivity contribution in [1.29, 1.82) is 0 Å². The Balaban J connectivity index is 1.43. The average Bonchev–Trinajstić information content (AvgIpc) is 3.10. The van der Waals surface area contributed by atoms with Crippen LogP contribution in [0.1, 0.15) is 22.4 Å². The van der Waals surface area contributed by atoms with Crippen molar-refractivity contribution in [2.75, 3.05) is 0 Å². The molecule has 2 aromatic heterocycles. The van der Waals surface area contributed by atoms with Crippen LogP contribution in [0.25, 0.3) is 17.0 Å². The highest BCUT2D eigenvalue weighted by atomic mass is 19.4. The molecule has 1 aliphatic rings. The van der Waals surface area contributed by atoms with E-state index in [1.165, 1.54) is 18.5 Å². The lowest BCUT2D eigenvalue weighted by Crippen LogP contribution is -2.23. The number of alkyl halides is 3. The van der Waals surface area contributed by atoms with Crippen LogP contribution in [0.15, 0.2) is 61.2 Å². The van der Waals surface area contributed by atoms with Gasteiger partial charge in [-0.2, -0.15) is 13.2 Å². The highest BCUT2D eigenvalue weighted by Crippen LogP contribution is 2.29. The number of nitrogens with one attached hydrogen (secondary N) is 1. The van der Waals surface area contributed by atoms with Gasteiger partial charge in [0.25, 0.3) is 0 Å². The van der Waals surface area contributed by atoms with Crippen LogP contribution in [0.3, 0.4) is 0 Å². The molecule has 1 N–H and O–H groups in total. The maximum absolute atomic E-state index is 12.6. The number of benzene rings is 1. The molecule has 3 aromatic rings. The molecule has 0 saturated carbocycles. The summed E-state index contributed by atoms with van der Waals surface area (Å²) in [7, 11) is 0. The van der Waals surface area contributed by atoms with Crippen molar-refractivity contribution >= 4 is 11.6 Å². The van der Waals surface area contributed by atoms with Gasteiger partial charge >= 0.3 is 6.18 Å². The molecular formula is C21H15F3N4O. The second-order valence-electron chi connectivity index (χ2n) is 6.56. The molecule has 1 amide bonds. The van der Waals surface area contributed by atoms with Gasteiger partial charge in [-0.1, -0.05) is 18.2 Å². The maximum Gasteiger partial charge on any atom is 0.416 e. The van der Waals surface area contributed by atoms with E-state index in [1.807, 2.05) is 18.2 Å². The minimum atomic E-state index is -4.39. The Morgan fingerprint density at radius 3 is 2.45 bits per heavy atom. The minimum Gasteiger partial charge on any atom is -0.325 e. The number of hydrogen-bond donors (Lipinski definition) is 1. The molecule has 5 nitrogen and oxygen atoms in total. The standard InChI is InChI=1S/C21H15F3N4O/c22-21(23,24)15-3-1-13(2-4-15)9-20(29)28-19-8-7-18-16(19)5-6-17(27-18)14-10-25-12-26-11-14/h1-6,8,10-12H,7,9H2,(H,28,29). The number of carbonyl (C=O) groups excluding carboxylic acids is 1. The van der Waals surface area contributed by atoms with Gasteiger partial charge in [0.05, 0.1) is 23.4 Å². The van der Waals surface area contributed by atoms with Crippen LogP contribution in [0.5, 0.6) is 0 Å². The Bertz CT molecular complexity index is 1080. The molecule has 0 fully saturated rings. The van der Waals surface area contributed by atoms with Crippen LogP contribution in [0.4, 0.5) is 13.2 Å². The van der Waals surface area contributed by atoms with Crippen LogP contribution >= 0.6 is 0 Å². The number of rotatable bonds is 4. The smallest absolute Gasteiger partial charge is 0.325 e. The molecule has 29 heavy (non-hydrogen) atoms. The zero-order valence-corrected chi connectivity index (χ0v) is 15.1. The summed E-state index contributed by atoms with van der Waals surface area (Å²) in [5.41, 5.74) is 3.62. The molecular weight excluding hydrogens is 381 g/mol. The number of carbonyl (C=O) groups is 1. The van der Waals surface area contributed by atoms with Gasteiger partial charge in [-0.3, -0.25) is 9.78 Å². The molecule has 8 heteroatoms. The van der Waals surface area contributed by atoms with Crippen LogP contribution in [0.2, 0.25) is 0 Å². The highest BCUT2D eigenvalue weighted by molar-refractivity contribution is 5.89. The topological polar surface area (TPSA) is 67.8 Å². The van der Waals surface area contributed by atoms with Gasteiger partial charge < -0.3 is 5.32 Å². The molecule has 146 valence electrons. The van der Waals surface area contributed by atoms with Crippen molar-refractivity contribution in [3.05, 3.63) is 83.6 Å². The third-order valence-corrected chi connectivity index (χ3v) is 4.54. The third kappa shape index (κ3) is 4.16. The monoisotopic (exact) mass is 396 g/mol. The molecule has 1 aromatic carbocycles. The maximum atomic E-state index is 12.6. The predicted molar refractivity (Wildman–Crippen MR) is 100 cm³/mol. The number of aromatic nitrogens is 3. The second kappa shape index (κ2) is 7.46. The zero-order chi connectivity index (χ0) is 20.4. The van der Waals surface area contributed by atoms with Gasteiger partial charge in [0.1, 0.15) is 6.33 Å². The summed E-state index contributed by atoms with van der Waals surface area (Å²) >= 11 is 0. The van der Waals surface area contributed by atoms with E-state index in [1.54, 1.807) is 12.4 Å². The number of nitrogens with zero attached hydrogens (tertiary/aromatic N) is 3. The molecule has 2 heterocycles. The molecule has 0 atom stereocenters. The molecule has 1 aliphatic carbocycles. The first kappa shape index (κ1) is 18.8. The van der Waals surface area contributed by atoms with E-state index in [2.05, 4.69) is 20.3 Å². The van der Waals surface area contributed by atoms with Crippen LogP contribution < -0.4 is 5.32 Å². The summed E-state index contributed by atoms with van der Waals surface area (Å²) in [4.78, 5) is 24.9. The summed E-state index contributed by atoms with van der Waals surface area (Å²) in [6.45, 7) is 0. The highest BCUT2D eigenvalue weighted by Gasteiger charge is 2.30. The minimum absolute atomic E-state index is 0.0162. The van der Waals surface area contributed by atoms with E-state index in [4.69, 9.17) is 0 Å². The first-order valence-electron chi connectivity index (χ1n) is 8.82. The summed E-state index contributed by atoms with van der Waals surface area (Å²) in [6.07, 6.45) is 2.84. The van der Waals surface area contributed by atoms with E-state index < -0.39 is 11.7 Å². The zero-order valence-electron chi connectivity index (χ0n) is 15.1. The van der Waals surface area contributed by atoms with Gasteiger partial charge in [-0.25, -0.2) is 9.97 Å². The van der Waals surface area contributed by atoms with Gasteiger partial charge in [-0.05, 0) is 29.8 Å². The lowest BCUT2D eigenvalue weighted by atomic mass is 10.1. The molecule has 0 aliphatic heterocycles. The normalized spacial score (nSPS) is 13.0. The molecule has 0 saturated heterocycles. The number of amides is 1. The van der Waals surface area contributed by atoms with Gasteiger partial charge in [0.15, 0.2) is 0 Å². The molecule has 0 unspecified atom stereocenters. The number of allylic oxidation sites excluding steroid dienone is 1. The fourth-order valence-electron chi connectivity index (χ4n) is 3.11. The Hall–Kier alpha value is -3.55. The fraction of sp³-hybridized carbons (Fsp3) is 0.143. The van der Waals surface area contributed by atoms with Crippen LogP contribution in [0, 0.1) is 0 Å². The second-order valence-corrected chi connectivity index (χ2v) is 6.56. The van der Waals surface area contributed by atoms with E-state index in [-0.39, 0.29) is 12.3 Å². The van der Waals surface area contributed by atoms with Crippen molar-refractivity contribution in [1.82, 2.24) is 20.3 Å². The lowest BCUT2D eigenvalue weighted by molar-refractivity contribution is -0.137. The Labute approximate surface area is 164 Å². The molecule has 4 rings (SSSR count). The molecule has 0 radical (unpaired) electrons. The fourth-order valence-corrected chi connectivity index (χ4v) is 3.11. The van der Waals surface area contributed by atoms with E-state index in [9.17, 15) is 18.0 Å². The van der Waals surface area contributed by atoms with E-state index in [0.29, 0.717) is 17.7 Å². The van der Waals surface area contributed by atoms with Gasteiger partial charge in [-0.15, -0.1) is 0 Å². The average molecular weight is 396 g/mol. The van der Waals surface area contributed by atoms with Crippen molar-refractivity contribution < 1.29 is 18.0 Å². The largest absolute Gasteiger partial charge is 0.416 e. The summed E-state index contributed by atoms with van der Waals surface area (Å²) < 4.78 is 37.9. The summed E-state index contributed by atoms with van der Waals surface area (Å²) in [5, 5.41) is 2.82. The number of halogens is 3. The lowest BCUT2D eigenvalue weighted by Gasteiger charge is -2.10. The molecule has 0 spiro atoms. The Kier molecular flexibility index (Phi) is 4.84. The van der Waals surface area contributed by atoms with E-state index >= 15 is 0 Å². The van der Waals surface area contributed by atoms with Gasteiger partial charge in [0.2, 0.25) is 5.91 Å². The van der Waals surface area contributed by atoms with E-state index in [0.717, 1.165) is 34.6 Å². The first-order chi connectivity index (χ1) is 13.9. The predicted octanol–water partition coefficient (Wildman–Crippen LogP) is 3.81. The number of hydrogen-bond acceptors (Lipinski definition) is 4. The summed E-state index contributed by atoms with van der Waals surface area (Å²) in [6, 6.07) is 8.29. The number of pyridine rings is 1.